The van der Waals surface area contributed by atoms with Crippen molar-refractivity contribution in [3.63, 3.8) is 0 Å². The van der Waals surface area contributed by atoms with Gasteiger partial charge in [-0.15, -0.1) is 11.8 Å². The molecule has 3 aliphatic rings. The first-order chi connectivity index (χ1) is 16.6. The smallest absolute Gasteiger partial charge is 0.248 e. The lowest BCUT2D eigenvalue weighted by atomic mass is 9.66. The lowest BCUT2D eigenvalue weighted by Gasteiger charge is -2.39. The highest BCUT2D eigenvalue weighted by atomic mass is 35.5. The lowest BCUT2D eigenvalue weighted by molar-refractivity contribution is -0.143. The minimum absolute atomic E-state index is 0.0139. The molecule has 4 rings (SSSR count). The number of fused-ring (bicyclic) bond motifs is 1. The zero-order valence-electron chi connectivity index (χ0n) is 20.8. The summed E-state index contributed by atoms with van der Waals surface area (Å²) in [4.78, 5) is 43.1. The van der Waals surface area contributed by atoms with E-state index < -0.39 is 33.4 Å². The van der Waals surface area contributed by atoms with Crippen LogP contribution in [0.3, 0.4) is 0 Å². The third-order valence-electron chi connectivity index (χ3n) is 8.27. The van der Waals surface area contributed by atoms with Gasteiger partial charge in [-0.25, -0.2) is 0 Å². The molecule has 3 fully saturated rings. The number of hydrogen-bond donors (Lipinski definition) is 3. The van der Waals surface area contributed by atoms with E-state index >= 15 is 0 Å². The van der Waals surface area contributed by atoms with Gasteiger partial charge in [-0.3, -0.25) is 14.4 Å². The Labute approximate surface area is 216 Å². The Morgan fingerprint density at radius 1 is 1.26 bits per heavy atom. The van der Waals surface area contributed by atoms with Crippen molar-refractivity contribution in [2.75, 3.05) is 18.5 Å². The number of aliphatic hydroxyl groups excluding tert-OH is 1. The van der Waals surface area contributed by atoms with E-state index in [4.69, 9.17) is 11.6 Å². The van der Waals surface area contributed by atoms with Crippen LogP contribution < -0.4 is 10.6 Å². The molecule has 192 valence electrons. The van der Waals surface area contributed by atoms with Crippen molar-refractivity contribution in [3.8, 4) is 0 Å². The summed E-state index contributed by atoms with van der Waals surface area (Å²) in [6.45, 7) is 8.35. The van der Waals surface area contributed by atoms with Gasteiger partial charge >= 0.3 is 0 Å². The SMILES string of the molecule is CCCNC(=O)[C@@H]1[C@H]2C(=O)N([C@@H](CO)[C@@H](C)CC)C(C(=O)Nc3ccccc3Cl)C23CC[C@@]1(C)S3. The van der Waals surface area contributed by atoms with Gasteiger partial charge in [-0.2, -0.15) is 0 Å². The fraction of sp³-hybridized carbons (Fsp3) is 0.654. The van der Waals surface area contributed by atoms with Crippen molar-refractivity contribution in [2.45, 2.75) is 75.0 Å². The molecule has 0 aromatic heterocycles. The summed E-state index contributed by atoms with van der Waals surface area (Å²) in [5, 5.41) is 16.8. The molecule has 1 spiro atoms. The second-order valence-electron chi connectivity index (χ2n) is 10.4. The van der Waals surface area contributed by atoms with Crippen LogP contribution in [0.4, 0.5) is 5.69 Å². The van der Waals surface area contributed by atoms with Gasteiger partial charge in [-0.1, -0.05) is 50.9 Å². The van der Waals surface area contributed by atoms with Crippen LogP contribution in [-0.2, 0) is 14.4 Å². The molecule has 1 aromatic carbocycles. The highest BCUT2D eigenvalue weighted by molar-refractivity contribution is 8.02. The number of thioether (sulfide) groups is 1. The Balaban J connectivity index is 1.79. The van der Waals surface area contributed by atoms with E-state index in [9.17, 15) is 19.5 Å². The molecule has 2 unspecified atom stereocenters. The molecule has 7 nitrogen and oxygen atoms in total. The van der Waals surface area contributed by atoms with Crippen LogP contribution in [0.5, 0.6) is 0 Å². The zero-order valence-corrected chi connectivity index (χ0v) is 22.4. The van der Waals surface area contributed by atoms with Crippen molar-refractivity contribution in [3.05, 3.63) is 29.3 Å². The van der Waals surface area contributed by atoms with Crippen LogP contribution in [0.25, 0.3) is 0 Å². The average Bonchev–Trinajstić information content (AvgIpc) is 3.40. The Bertz CT molecular complexity index is 1010. The number of carbonyl (C=O) groups excluding carboxylic acids is 3. The van der Waals surface area contributed by atoms with E-state index in [1.807, 2.05) is 20.8 Å². The van der Waals surface area contributed by atoms with Gasteiger partial charge < -0.3 is 20.6 Å². The number of nitrogens with one attached hydrogen (secondary N) is 2. The molecule has 3 aliphatic heterocycles. The molecule has 3 saturated heterocycles. The molecule has 0 aliphatic carbocycles. The number of hydrogen-bond acceptors (Lipinski definition) is 5. The predicted molar refractivity (Wildman–Crippen MR) is 139 cm³/mol. The largest absolute Gasteiger partial charge is 0.394 e. The monoisotopic (exact) mass is 521 g/mol. The first-order valence-corrected chi connectivity index (χ1v) is 13.8. The number of anilines is 1. The van der Waals surface area contributed by atoms with E-state index in [-0.39, 0.29) is 30.2 Å². The van der Waals surface area contributed by atoms with Crippen molar-refractivity contribution in [2.24, 2.45) is 17.8 Å². The van der Waals surface area contributed by atoms with Crippen LogP contribution in [0.1, 0.15) is 53.4 Å². The number of carbonyl (C=O) groups is 3. The van der Waals surface area contributed by atoms with E-state index in [0.717, 1.165) is 19.3 Å². The summed E-state index contributed by atoms with van der Waals surface area (Å²) in [6, 6.07) is 5.70. The maximum Gasteiger partial charge on any atom is 0.248 e. The average molecular weight is 522 g/mol. The number of aliphatic hydroxyl groups is 1. The normalized spacial score (nSPS) is 32.9. The van der Waals surface area contributed by atoms with E-state index in [0.29, 0.717) is 23.7 Å². The highest BCUT2D eigenvalue weighted by Crippen LogP contribution is 2.71. The number of para-hydroxylation sites is 1. The minimum Gasteiger partial charge on any atom is -0.394 e. The third-order valence-corrected chi connectivity index (χ3v) is 10.6. The number of likely N-dealkylation sites (tertiary alicyclic amines) is 1. The number of amides is 3. The summed E-state index contributed by atoms with van der Waals surface area (Å²) < 4.78 is -1.15. The van der Waals surface area contributed by atoms with Gasteiger partial charge in [0.1, 0.15) is 6.04 Å². The summed E-state index contributed by atoms with van der Waals surface area (Å²) >= 11 is 7.96. The van der Waals surface area contributed by atoms with E-state index in [2.05, 4.69) is 17.6 Å². The summed E-state index contributed by atoms with van der Waals surface area (Å²) in [6.07, 6.45) is 2.97. The van der Waals surface area contributed by atoms with Crippen LogP contribution in [-0.4, -0.2) is 62.5 Å². The minimum atomic E-state index is -0.807. The second kappa shape index (κ2) is 9.94. The zero-order chi connectivity index (χ0) is 25.5. The molecule has 3 N–H and O–H groups in total. The maximum atomic E-state index is 14.2. The van der Waals surface area contributed by atoms with Gasteiger partial charge in [0.25, 0.3) is 0 Å². The summed E-state index contributed by atoms with van der Waals surface area (Å²) in [5.41, 5.74) is 0.483. The summed E-state index contributed by atoms with van der Waals surface area (Å²) in [7, 11) is 0. The molecule has 0 saturated carbocycles. The molecule has 1 aromatic rings. The van der Waals surface area contributed by atoms with Crippen molar-refractivity contribution >= 4 is 46.8 Å². The molecule has 35 heavy (non-hydrogen) atoms. The van der Waals surface area contributed by atoms with Crippen molar-refractivity contribution in [1.29, 1.82) is 0 Å². The maximum absolute atomic E-state index is 14.2. The molecular weight excluding hydrogens is 486 g/mol. The Morgan fingerprint density at radius 2 is 1.97 bits per heavy atom. The molecule has 3 amide bonds. The van der Waals surface area contributed by atoms with Crippen LogP contribution in [0.15, 0.2) is 24.3 Å². The second-order valence-corrected chi connectivity index (χ2v) is 12.7. The topological polar surface area (TPSA) is 98.7 Å². The number of rotatable bonds is 9. The van der Waals surface area contributed by atoms with Crippen molar-refractivity contribution in [1.82, 2.24) is 10.2 Å². The fourth-order valence-electron chi connectivity index (χ4n) is 6.36. The molecule has 9 heteroatoms. The predicted octanol–water partition coefficient (Wildman–Crippen LogP) is 3.69. The molecule has 3 heterocycles. The van der Waals surface area contributed by atoms with Gasteiger partial charge in [0.2, 0.25) is 17.7 Å². The molecule has 7 atom stereocenters. The van der Waals surface area contributed by atoms with Crippen LogP contribution >= 0.6 is 23.4 Å². The molecule has 0 radical (unpaired) electrons. The Hall–Kier alpha value is -1.77. The number of benzene rings is 1. The van der Waals surface area contributed by atoms with Crippen LogP contribution in [0, 0.1) is 17.8 Å². The standard InChI is InChI=1S/C26H36ClN3O4S/c1-5-13-28-22(32)19-20-24(34)30(18(14-31)15(3)6-2)21(26(20)12-11-25(19,4)35-26)23(33)29-17-10-8-7-9-16(17)27/h7-10,15,18-21,31H,5-6,11-14H2,1-4H3,(H,28,32)(H,29,33)/t15-,18-,19-,20-,21?,25+,26?/m0/s1. The fourth-order valence-corrected chi connectivity index (χ4v) is 8.88. The first kappa shape index (κ1) is 26.3. The lowest BCUT2D eigenvalue weighted by Crippen LogP contribution is -2.56. The van der Waals surface area contributed by atoms with Crippen molar-refractivity contribution < 1.29 is 19.5 Å². The number of nitrogens with zero attached hydrogens (tertiary/aromatic N) is 1. The van der Waals surface area contributed by atoms with Gasteiger partial charge in [-0.05, 0) is 44.2 Å². The quantitative estimate of drug-likeness (QED) is 0.460. The number of halogens is 1. The Morgan fingerprint density at radius 3 is 2.60 bits per heavy atom. The molecule has 2 bridgehead atoms. The third kappa shape index (κ3) is 4.15. The van der Waals surface area contributed by atoms with Crippen LogP contribution in [0.2, 0.25) is 5.02 Å². The van der Waals surface area contributed by atoms with Gasteiger partial charge in [0.15, 0.2) is 0 Å². The van der Waals surface area contributed by atoms with E-state index in [1.54, 1.807) is 40.9 Å². The Kier molecular flexibility index (Phi) is 7.47. The van der Waals surface area contributed by atoms with E-state index in [1.165, 1.54) is 0 Å². The first-order valence-electron chi connectivity index (χ1n) is 12.6. The summed E-state index contributed by atoms with van der Waals surface area (Å²) in [5.74, 6) is -1.77. The van der Waals surface area contributed by atoms with Gasteiger partial charge in [0.05, 0.1) is 39.9 Å². The molecular formula is C26H36ClN3O4S. The van der Waals surface area contributed by atoms with Gasteiger partial charge in [0, 0.05) is 11.3 Å². The highest BCUT2D eigenvalue weighted by Gasteiger charge is 2.77.